The molecule has 0 aliphatic carbocycles. The average molecular weight is 300 g/mol. The lowest BCUT2D eigenvalue weighted by molar-refractivity contribution is -0.120. The second-order valence-corrected chi connectivity index (χ2v) is 5.22. The fraction of sp³-hybridized carbons (Fsp3) is 0.500. The molecule has 17 heavy (non-hydrogen) atoms. The van der Waals surface area contributed by atoms with Crippen LogP contribution in [0.15, 0.2) is 16.7 Å². The van der Waals surface area contributed by atoms with Gasteiger partial charge in [-0.3, -0.25) is 4.79 Å². The van der Waals surface area contributed by atoms with Crippen LogP contribution < -0.4 is 10.2 Å². The molecule has 94 valence electrons. The molecule has 0 radical (unpaired) electrons. The molecule has 1 amide bonds. The van der Waals surface area contributed by atoms with Gasteiger partial charge in [0.25, 0.3) is 0 Å². The van der Waals surface area contributed by atoms with Crippen molar-refractivity contribution in [3.8, 4) is 0 Å². The molecule has 0 saturated heterocycles. The predicted molar refractivity (Wildman–Crippen MR) is 73.2 cm³/mol. The molecule has 1 N–H and O–H groups in total. The van der Waals surface area contributed by atoms with E-state index < -0.39 is 0 Å². The molecular weight excluding hydrogens is 282 g/mol. The van der Waals surface area contributed by atoms with Crippen LogP contribution in [0.5, 0.6) is 0 Å². The number of carbonyl (C=O) groups is 1. The third-order valence-electron chi connectivity index (χ3n) is 2.25. The zero-order valence-electron chi connectivity index (χ0n) is 10.6. The normalized spacial score (nSPS) is 10.5. The fourth-order valence-corrected chi connectivity index (χ4v) is 1.61. The van der Waals surface area contributed by atoms with Crippen LogP contribution in [-0.2, 0) is 4.79 Å². The maximum absolute atomic E-state index is 11.6. The van der Waals surface area contributed by atoms with Crippen molar-refractivity contribution >= 4 is 27.7 Å². The van der Waals surface area contributed by atoms with Gasteiger partial charge in [0.1, 0.15) is 5.82 Å². The lowest BCUT2D eigenvalue weighted by Gasteiger charge is -2.19. The Balaban J connectivity index is 2.66. The third-order valence-corrected chi connectivity index (χ3v) is 3.08. The predicted octanol–water partition coefficient (Wildman–Crippen LogP) is 2.11. The van der Waals surface area contributed by atoms with Crippen molar-refractivity contribution in [3.63, 3.8) is 0 Å². The van der Waals surface area contributed by atoms with Crippen LogP contribution in [0, 0.1) is 6.92 Å². The quantitative estimate of drug-likeness (QED) is 0.926. The van der Waals surface area contributed by atoms with E-state index in [0.29, 0.717) is 6.54 Å². The Bertz CT molecular complexity index is 407. The van der Waals surface area contributed by atoms with Crippen molar-refractivity contribution in [2.24, 2.45) is 0 Å². The second-order valence-electron chi connectivity index (χ2n) is 4.37. The number of rotatable bonds is 4. The van der Waals surface area contributed by atoms with Crippen molar-refractivity contribution in [3.05, 3.63) is 22.3 Å². The molecule has 0 saturated carbocycles. The Labute approximate surface area is 111 Å². The largest absolute Gasteiger partial charge is 0.352 e. The van der Waals surface area contributed by atoms with Gasteiger partial charge in [0.2, 0.25) is 5.91 Å². The van der Waals surface area contributed by atoms with Crippen LogP contribution in [0.3, 0.4) is 0 Å². The Kier molecular flexibility index (Phi) is 4.93. The summed E-state index contributed by atoms with van der Waals surface area (Å²) in [6.07, 6.45) is 1.75. The number of aromatic nitrogens is 1. The molecule has 0 unspecified atom stereocenters. The summed E-state index contributed by atoms with van der Waals surface area (Å²) in [4.78, 5) is 17.7. The van der Waals surface area contributed by atoms with Gasteiger partial charge in [-0.15, -0.1) is 0 Å². The van der Waals surface area contributed by atoms with E-state index in [0.717, 1.165) is 15.9 Å². The number of aryl methyl sites for hydroxylation is 1. The molecule has 0 aliphatic heterocycles. The summed E-state index contributed by atoms with van der Waals surface area (Å²) in [7, 11) is 1.86. The van der Waals surface area contributed by atoms with Crippen LogP contribution in [0.1, 0.15) is 19.4 Å². The topological polar surface area (TPSA) is 45.2 Å². The van der Waals surface area contributed by atoms with Gasteiger partial charge in [-0.05, 0) is 48.3 Å². The van der Waals surface area contributed by atoms with Crippen molar-refractivity contribution in [2.45, 2.75) is 26.8 Å². The molecule has 0 bridgehead atoms. The molecule has 5 heteroatoms. The number of likely N-dealkylation sites (N-methyl/N-ethyl adjacent to an activating group) is 1. The molecule has 0 fully saturated rings. The van der Waals surface area contributed by atoms with Crippen molar-refractivity contribution in [1.82, 2.24) is 10.3 Å². The van der Waals surface area contributed by atoms with Crippen molar-refractivity contribution in [2.75, 3.05) is 18.5 Å². The average Bonchev–Trinajstić information content (AvgIpc) is 2.20. The number of pyridine rings is 1. The van der Waals surface area contributed by atoms with Crippen LogP contribution in [0.25, 0.3) is 0 Å². The van der Waals surface area contributed by atoms with E-state index in [9.17, 15) is 4.79 Å². The maximum Gasteiger partial charge on any atom is 0.239 e. The summed E-state index contributed by atoms with van der Waals surface area (Å²) in [5.41, 5.74) is 1.10. The number of carbonyl (C=O) groups excluding carboxylic acids is 1. The number of halogens is 1. The highest BCUT2D eigenvalue weighted by Crippen LogP contribution is 2.18. The van der Waals surface area contributed by atoms with E-state index in [-0.39, 0.29) is 11.9 Å². The van der Waals surface area contributed by atoms with Crippen molar-refractivity contribution < 1.29 is 4.79 Å². The number of nitrogens with zero attached hydrogens (tertiary/aromatic N) is 2. The molecule has 1 aromatic heterocycles. The Morgan fingerprint density at radius 1 is 1.59 bits per heavy atom. The number of hydrogen-bond donors (Lipinski definition) is 1. The van der Waals surface area contributed by atoms with Gasteiger partial charge in [-0.2, -0.15) is 0 Å². The first-order valence-electron chi connectivity index (χ1n) is 5.52. The van der Waals surface area contributed by atoms with Gasteiger partial charge >= 0.3 is 0 Å². The molecular formula is C12H18BrN3O. The summed E-state index contributed by atoms with van der Waals surface area (Å²) in [6.45, 7) is 6.20. The summed E-state index contributed by atoms with van der Waals surface area (Å²) < 4.78 is 0.973. The van der Waals surface area contributed by atoms with Crippen LogP contribution in [0.2, 0.25) is 0 Å². The number of nitrogens with one attached hydrogen (secondary N) is 1. The molecule has 0 aromatic carbocycles. The van der Waals surface area contributed by atoms with E-state index in [1.165, 1.54) is 0 Å². The Morgan fingerprint density at radius 3 is 2.76 bits per heavy atom. The fourth-order valence-electron chi connectivity index (χ4n) is 1.40. The number of hydrogen-bond acceptors (Lipinski definition) is 3. The van der Waals surface area contributed by atoms with Gasteiger partial charge in [-0.1, -0.05) is 0 Å². The monoisotopic (exact) mass is 299 g/mol. The van der Waals surface area contributed by atoms with Crippen molar-refractivity contribution in [1.29, 1.82) is 0 Å². The zero-order chi connectivity index (χ0) is 13.0. The molecule has 1 rings (SSSR count). The summed E-state index contributed by atoms with van der Waals surface area (Å²) in [6, 6.07) is 2.11. The lowest BCUT2D eigenvalue weighted by Crippen LogP contribution is -2.38. The smallest absolute Gasteiger partial charge is 0.239 e. The van der Waals surface area contributed by atoms with Gasteiger partial charge < -0.3 is 10.2 Å². The van der Waals surface area contributed by atoms with E-state index in [4.69, 9.17) is 0 Å². The highest BCUT2D eigenvalue weighted by Gasteiger charge is 2.10. The van der Waals surface area contributed by atoms with Gasteiger partial charge in [0.15, 0.2) is 0 Å². The summed E-state index contributed by atoms with van der Waals surface area (Å²) in [5.74, 6) is 0.800. The van der Waals surface area contributed by atoms with E-state index in [1.807, 2.05) is 38.8 Å². The zero-order valence-corrected chi connectivity index (χ0v) is 12.2. The minimum Gasteiger partial charge on any atom is -0.352 e. The highest BCUT2D eigenvalue weighted by atomic mass is 79.9. The van der Waals surface area contributed by atoms with Gasteiger partial charge in [0, 0.05) is 23.8 Å². The molecule has 0 spiro atoms. The molecule has 0 atom stereocenters. The van der Waals surface area contributed by atoms with Crippen LogP contribution >= 0.6 is 15.9 Å². The SMILES string of the molecule is Cc1cc(N(C)CC(=O)NC(C)C)ncc1Br. The van der Waals surface area contributed by atoms with E-state index in [2.05, 4.69) is 26.2 Å². The van der Waals surface area contributed by atoms with E-state index in [1.54, 1.807) is 6.20 Å². The standard InChI is InChI=1S/C12H18BrN3O/c1-8(2)15-12(17)7-16(4)11-5-9(3)10(13)6-14-11/h5-6,8H,7H2,1-4H3,(H,15,17). The first-order valence-corrected chi connectivity index (χ1v) is 6.32. The first kappa shape index (κ1) is 14.0. The molecule has 0 aliphatic rings. The molecule has 1 heterocycles. The minimum absolute atomic E-state index is 0.00451. The van der Waals surface area contributed by atoms with Crippen LogP contribution in [-0.4, -0.2) is 30.5 Å². The first-order chi connectivity index (χ1) is 7.90. The Morgan fingerprint density at radius 2 is 2.24 bits per heavy atom. The number of amides is 1. The maximum atomic E-state index is 11.6. The summed E-state index contributed by atoms with van der Waals surface area (Å²) in [5, 5.41) is 2.85. The second kappa shape index (κ2) is 6.00. The highest BCUT2D eigenvalue weighted by molar-refractivity contribution is 9.10. The summed E-state index contributed by atoms with van der Waals surface area (Å²) >= 11 is 3.40. The van der Waals surface area contributed by atoms with Crippen LogP contribution in [0.4, 0.5) is 5.82 Å². The van der Waals surface area contributed by atoms with Gasteiger partial charge in [-0.25, -0.2) is 4.98 Å². The van der Waals surface area contributed by atoms with E-state index >= 15 is 0 Å². The van der Waals surface area contributed by atoms with Gasteiger partial charge in [0.05, 0.1) is 6.54 Å². The minimum atomic E-state index is 0.00451. The number of anilines is 1. The molecule has 1 aromatic rings. The lowest BCUT2D eigenvalue weighted by atomic mass is 10.3. The Hall–Kier alpha value is -1.10. The molecule has 4 nitrogen and oxygen atoms in total. The third kappa shape index (κ3) is 4.34.